The Bertz CT molecular complexity index is 496. The van der Waals surface area contributed by atoms with E-state index in [2.05, 4.69) is 10.0 Å². The van der Waals surface area contributed by atoms with Crippen molar-refractivity contribution in [2.45, 2.75) is 4.90 Å². The highest BCUT2D eigenvalue weighted by molar-refractivity contribution is 7.89. The van der Waals surface area contributed by atoms with Gasteiger partial charge in [-0.15, -0.1) is 0 Å². The van der Waals surface area contributed by atoms with Crippen molar-refractivity contribution in [2.75, 3.05) is 13.1 Å². The first kappa shape index (κ1) is 10.1. The fourth-order valence-corrected chi connectivity index (χ4v) is 2.66. The van der Waals surface area contributed by atoms with E-state index >= 15 is 0 Å². The zero-order valence-corrected chi connectivity index (χ0v) is 8.67. The molecule has 0 atom stereocenters. The van der Waals surface area contributed by atoms with Crippen molar-refractivity contribution in [1.82, 2.24) is 10.0 Å². The summed E-state index contributed by atoms with van der Waals surface area (Å²) in [6.45, 7) is 0.509. The lowest BCUT2D eigenvalue weighted by Gasteiger charge is -2.15. The molecule has 1 aliphatic heterocycles. The third kappa shape index (κ3) is 1.86. The molecular weight excluding hydrogens is 216 g/mol. The van der Waals surface area contributed by atoms with Crippen LogP contribution in [0, 0.1) is 0 Å². The highest BCUT2D eigenvalue weighted by atomic mass is 32.2. The van der Waals surface area contributed by atoms with E-state index in [-0.39, 0.29) is 22.9 Å². The van der Waals surface area contributed by atoms with Crippen molar-refractivity contribution in [3.8, 4) is 0 Å². The Kier molecular flexibility index (Phi) is 2.45. The largest absolute Gasteiger partial charge is 0.351 e. The van der Waals surface area contributed by atoms with Crippen LogP contribution in [0.2, 0.25) is 0 Å². The topological polar surface area (TPSA) is 75.3 Å². The second kappa shape index (κ2) is 3.63. The molecule has 0 saturated heterocycles. The van der Waals surface area contributed by atoms with E-state index in [4.69, 9.17) is 0 Å². The zero-order chi connectivity index (χ0) is 10.9. The van der Waals surface area contributed by atoms with Crippen LogP contribution in [-0.2, 0) is 10.0 Å². The maximum atomic E-state index is 11.7. The minimum Gasteiger partial charge on any atom is -0.351 e. The Morgan fingerprint density at radius 1 is 1.13 bits per heavy atom. The minimum atomic E-state index is -3.55. The normalized spacial score (nSPS) is 19.6. The lowest BCUT2D eigenvalue weighted by atomic mass is 10.2. The summed E-state index contributed by atoms with van der Waals surface area (Å²) in [5, 5.41) is 2.61. The van der Waals surface area contributed by atoms with Gasteiger partial charge in [0, 0.05) is 13.1 Å². The fourth-order valence-electron chi connectivity index (χ4n) is 1.42. The Balaban J connectivity index is 2.64. The molecule has 0 saturated carbocycles. The number of rotatable bonds is 0. The molecule has 2 N–H and O–H groups in total. The lowest BCUT2D eigenvalue weighted by molar-refractivity contribution is 0.0950. The molecule has 0 radical (unpaired) electrons. The summed E-state index contributed by atoms with van der Waals surface area (Å²) in [7, 11) is -3.55. The Morgan fingerprint density at radius 3 is 2.67 bits per heavy atom. The van der Waals surface area contributed by atoms with Gasteiger partial charge in [0.2, 0.25) is 10.0 Å². The number of fused-ring (bicyclic) bond motifs is 1. The quantitative estimate of drug-likeness (QED) is 0.638. The molecule has 1 amide bonds. The number of sulfonamides is 1. The third-order valence-electron chi connectivity index (χ3n) is 2.12. The first-order valence-electron chi connectivity index (χ1n) is 4.48. The number of hydrogen-bond acceptors (Lipinski definition) is 3. The zero-order valence-electron chi connectivity index (χ0n) is 7.86. The molecule has 1 aliphatic rings. The molecule has 1 aromatic rings. The van der Waals surface area contributed by atoms with E-state index in [9.17, 15) is 13.2 Å². The molecule has 5 nitrogen and oxygen atoms in total. The predicted octanol–water partition coefficient (Wildman–Crippen LogP) is -0.292. The monoisotopic (exact) mass is 226 g/mol. The summed E-state index contributed by atoms with van der Waals surface area (Å²) < 4.78 is 25.8. The summed E-state index contributed by atoms with van der Waals surface area (Å²) in [5.74, 6) is -0.351. The minimum absolute atomic E-state index is 0.0298. The van der Waals surface area contributed by atoms with Gasteiger partial charge in [-0.05, 0) is 12.1 Å². The van der Waals surface area contributed by atoms with Crippen molar-refractivity contribution in [2.24, 2.45) is 0 Å². The SMILES string of the molecule is O=C1NCCNS(=O)(=O)c2ccccc21. The number of amides is 1. The van der Waals surface area contributed by atoms with Gasteiger partial charge in [-0.3, -0.25) is 4.79 Å². The maximum Gasteiger partial charge on any atom is 0.252 e. The van der Waals surface area contributed by atoms with Gasteiger partial charge in [0.25, 0.3) is 5.91 Å². The number of nitrogens with one attached hydrogen (secondary N) is 2. The Hall–Kier alpha value is -1.40. The van der Waals surface area contributed by atoms with Crippen LogP contribution in [0.1, 0.15) is 10.4 Å². The van der Waals surface area contributed by atoms with Gasteiger partial charge >= 0.3 is 0 Å². The van der Waals surface area contributed by atoms with Crippen molar-refractivity contribution >= 4 is 15.9 Å². The molecule has 2 rings (SSSR count). The van der Waals surface area contributed by atoms with E-state index in [1.165, 1.54) is 12.1 Å². The third-order valence-corrected chi connectivity index (χ3v) is 3.64. The molecule has 1 heterocycles. The standard InChI is InChI=1S/C9H10N2O3S/c12-9-7-3-1-2-4-8(7)15(13,14)11-6-5-10-9/h1-4,11H,5-6H2,(H,10,12). The van der Waals surface area contributed by atoms with Crippen LogP contribution in [0.3, 0.4) is 0 Å². The predicted molar refractivity (Wildman–Crippen MR) is 54.0 cm³/mol. The van der Waals surface area contributed by atoms with Gasteiger partial charge < -0.3 is 5.32 Å². The highest BCUT2D eigenvalue weighted by Crippen LogP contribution is 2.15. The van der Waals surface area contributed by atoms with Crippen LogP contribution < -0.4 is 10.0 Å². The van der Waals surface area contributed by atoms with E-state index < -0.39 is 10.0 Å². The first-order chi connectivity index (χ1) is 7.11. The summed E-state index contributed by atoms with van der Waals surface area (Å²) in [6.07, 6.45) is 0. The summed E-state index contributed by atoms with van der Waals surface area (Å²) >= 11 is 0. The molecule has 0 fully saturated rings. The van der Waals surface area contributed by atoms with Crippen LogP contribution in [0.5, 0.6) is 0 Å². The van der Waals surface area contributed by atoms with E-state index in [0.717, 1.165) is 0 Å². The van der Waals surface area contributed by atoms with Crippen LogP contribution >= 0.6 is 0 Å². The van der Waals surface area contributed by atoms with Crippen LogP contribution in [0.25, 0.3) is 0 Å². The average Bonchev–Trinajstić information content (AvgIpc) is 2.23. The molecule has 1 aromatic carbocycles. The second-order valence-electron chi connectivity index (χ2n) is 3.15. The molecule has 0 spiro atoms. The van der Waals surface area contributed by atoms with Gasteiger partial charge in [0.15, 0.2) is 0 Å². The van der Waals surface area contributed by atoms with Gasteiger partial charge in [-0.25, -0.2) is 13.1 Å². The van der Waals surface area contributed by atoms with E-state index in [1.807, 2.05) is 0 Å². The van der Waals surface area contributed by atoms with Gasteiger partial charge in [0.05, 0.1) is 10.5 Å². The smallest absolute Gasteiger partial charge is 0.252 e. The summed E-state index contributed by atoms with van der Waals surface area (Å²) in [6, 6.07) is 6.14. The van der Waals surface area contributed by atoms with Gasteiger partial charge in [-0.2, -0.15) is 0 Å². The van der Waals surface area contributed by atoms with E-state index in [0.29, 0.717) is 6.54 Å². The number of carbonyl (C=O) groups is 1. The van der Waals surface area contributed by atoms with Crippen LogP contribution in [0.4, 0.5) is 0 Å². The molecule has 15 heavy (non-hydrogen) atoms. The van der Waals surface area contributed by atoms with Gasteiger partial charge in [0.1, 0.15) is 0 Å². The second-order valence-corrected chi connectivity index (χ2v) is 4.89. The van der Waals surface area contributed by atoms with Crippen molar-refractivity contribution in [3.63, 3.8) is 0 Å². The number of carbonyl (C=O) groups excluding carboxylic acids is 1. The summed E-state index contributed by atoms with van der Waals surface area (Å²) in [5.41, 5.74) is 0.185. The van der Waals surface area contributed by atoms with Crippen molar-refractivity contribution in [1.29, 1.82) is 0 Å². The number of hydrogen-bond donors (Lipinski definition) is 2. The maximum absolute atomic E-state index is 11.7. The lowest BCUT2D eigenvalue weighted by Crippen LogP contribution is -2.39. The molecular formula is C9H10N2O3S. The molecule has 0 unspecified atom stereocenters. The average molecular weight is 226 g/mol. The molecule has 6 heteroatoms. The van der Waals surface area contributed by atoms with Crippen molar-refractivity contribution < 1.29 is 13.2 Å². The molecule has 0 aromatic heterocycles. The number of benzene rings is 1. The van der Waals surface area contributed by atoms with Crippen LogP contribution in [-0.4, -0.2) is 27.4 Å². The first-order valence-corrected chi connectivity index (χ1v) is 5.96. The fraction of sp³-hybridized carbons (Fsp3) is 0.222. The van der Waals surface area contributed by atoms with Gasteiger partial charge in [-0.1, -0.05) is 12.1 Å². The van der Waals surface area contributed by atoms with Crippen molar-refractivity contribution in [3.05, 3.63) is 29.8 Å². The highest BCUT2D eigenvalue weighted by Gasteiger charge is 2.23. The molecule has 80 valence electrons. The molecule has 0 bridgehead atoms. The Labute approximate surface area is 87.5 Å². The Morgan fingerprint density at radius 2 is 1.87 bits per heavy atom. The van der Waals surface area contributed by atoms with Crippen LogP contribution in [0.15, 0.2) is 29.2 Å². The molecule has 0 aliphatic carbocycles. The van der Waals surface area contributed by atoms with E-state index in [1.54, 1.807) is 12.1 Å². The summed E-state index contributed by atoms with van der Waals surface area (Å²) in [4.78, 5) is 11.6.